The second kappa shape index (κ2) is 5.63. The Balaban J connectivity index is 1.70. The molecular weight excluding hydrogens is 311 g/mol. The Morgan fingerprint density at radius 3 is 3.12 bits per heavy atom. The van der Waals surface area contributed by atoms with E-state index in [0.717, 1.165) is 28.8 Å². The topological polar surface area (TPSA) is 76.8 Å². The Morgan fingerprint density at radius 2 is 2.29 bits per heavy atom. The molecule has 24 heavy (non-hydrogen) atoms. The molecule has 8 heteroatoms. The number of carbonyl (C=O) groups is 1. The Kier molecular flexibility index (Phi) is 3.44. The summed E-state index contributed by atoms with van der Waals surface area (Å²) in [4.78, 5) is 16.8. The second-order valence-corrected chi connectivity index (χ2v) is 5.76. The van der Waals surface area contributed by atoms with Gasteiger partial charge in [-0.2, -0.15) is 5.10 Å². The number of aryl methyl sites for hydroxylation is 2. The highest BCUT2D eigenvalue weighted by Crippen LogP contribution is 2.28. The van der Waals surface area contributed by atoms with Crippen LogP contribution in [0.15, 0.2) is 24.5 Å². The van der Waals surface area contributed by atoms with Crippen LogP contribution in [0.25, 0.3) is 11.0 Å². The lowest BCUT2D eigenvalue weighted by molar-refractivity contribution is 0.0947. The van der Waals surface area contributed by atoms with E-state index >= 15 is 0 Å². The third-order valence-corrected chi connectivity index (χ3v) is 4.25. The number of aromatic nitrogens is 4. The molecule has 0 fully saturated rings. The number of anilines is 2. The van der Waals surface area contributed by atoms with E-state index in [1.54, 1.807) is 12.4 Å². The summed E-state index contributed by atoms with van der Waals surface area (Å²) in [5.41, 5.74) is 3.23. The van der Waals surface area contributed by atoms with Crippen molar-refractivity contribution >= 4 is 28.4 Å². The molecule has 1 aliphatic rings. The number of amides is 1. The smallest absolute Gasteiger partial charge is 0.253 e. The molecule has 0 aliphatic carbocycles. The number of rotatable bonds is 4. The van der Waals surface area contributed by atoms with Gasteiger partial charge in [0.05, 0.1) is 24.0 Å². The van der Waals surface area contributed by atoms with E-state index in [0.29, 0.717) is 17.9 Å². The minimum atomic E-state index is -0.456. The van der Waals surface area contributed by atoms with Crippen LogP contribution in [0, 0.1) is 0 Å². The van der Waals surface area contributed by atoms with Crippen molar-refractivity contribution in [3.63, 3.8) is 0 Å². The van der Waals surface area contributed by atoms with Gasteiger partial charge in [0.25, 0.3) is 5.91 Å². The van der Waals surface area contributed by atoms with Crippen LogP contribution < -0.4 is 10.6 Å². The molecule has 3 aromatic rings. The highest BCUT2D eigenvalue weighted by molar-refractivity contribution is 6.08. The van der Waals surface area contributed by atoms with Crippen molar-refractivity contribution in [1.82, 2.24) is 24.6 Å². The number of hydrogen-bond acceptors (Lipinski definition) is 4. The molecule has 1 aliphatic heterocycles. The fourth-order valence-electron chi connectivity index (χ4n) is 3.13. The number of pyridine rings is 1. The first-order chi connectivity index (χ1) is 11.7. The number of nitrogens with zero attached hydrogens (tertiary/aromatic N) is 4. The molecule has 4 rings (SSSR count). The van der Waals surface area contributed by atoms with Crippen molar-refractivity contribution in [2.45, 2.75) is 13.0 Å². The van der Waals surface area contributed by atoms with Crippen molar-refractivity contribution in [3.05, 3.63) is 35.8 Å². The lowest BCUT2D eigenvalue weighted by Crippen LogP contribution is -2.32. The zero-order valence-electron chi connectivity index (χ0n) is 13.2. The summed E-state index contributed by atoms with van der Waals surface area (Å²) in [5, 5.41) is 11.0. The lowest BCUT2D eigenvalue weighted by Gasteiger charge is -2.13. The van der Waals surface area contributed by atoms with Gasteiger partial charge in [-0.3, -0.25) is 9.48 Å². The minimum Gasteiger partial charge on any atom is -0.352 e. The van der Waals surface area contributed by atoms with Crippen LogP contribution in [0.2, 0.25) is 0 Å². The predicted octanol–water partition coefficient (Wildman–Crippen LogP) is 1.77. The van der Waals surface area contributed by atoms with Gasteiger partial charge in [-0.15, -0.1) is 0 Å². The van der Waals surface area contributed by atoms with Crippen LogP contribution in [-0.4, -0.2) is 38.5 Å². The number of carbonyl (C=O) groups excluding carboxylic acids is 1. The number of hydrogen-bond donors (Lipinski definition) is 2. The maximum atomic E-state index is 12.3. The fraction of sp³-hybridized carbons (Fsp3) is 0.312. The Morgan fingerprint density at radius 1 is 1.42 bits per heavy atom. The predicted molar refractivity (Wildman–Crippen MR) is 88.2 cm³/mol. The summed E-state index contributed by atoms with van der Waals surface area (Å²) in [5.74, 6) is 0.609. The van der Waals surface area contributed by atoms with Crippen LogP contribution in [0.1, 0.15) is 16.1 Å². The van der Waals surface area contributed by atoms with Crippen LogP contribution in [0.5, 0.6) is 0 Å². The highest BCUT2D eigenvalue weighted by atomic mass is 19.1. The van der Waals surface area contributed by atoms with E-state index in [1.807, 2.05) is 23.7 Å². The first-order valence-corrected chi connectivity index (χ1v) is 7.79. The molecular formula is C16H17FN6O. The third kappa shape index (κ3) is 2.31. The molecule has 0 spiro atoms. The van der Waals surface area contributed by atoms with Crippen LogP contribution >= 0.6 is 0 Å². The van der Waals surface area contributed by atoms with Gasteiger partial charge in [0.15, 0.2) is 0 Å². The third-order valence-electron chi connectivity index (χ3n) is 4.25. The molecule has 0 saturated carbocycles. The van der Waals surface area contributed by atoms with Gasteiger partial charge in [0.2, 0.25) is 0 Å². The highest BCUT2D eigenvalue weighted by Gasteiger charge is 2.25. The lowest BCUT2D eigenvalue weighted by atomic mass is 10.1. The van der Waals surface area contributed by atoms with Crippen molar-refractivity contribution in [2.75, 3.05) is 18.5 Å². The molecule has 0 unspecified atom stereocenters. The van der Waals surface area contributed by atoms with Crippen LogP contribution in [0.4, 0.5) is 15.9 Å². The molecule has 0 bridgehead atoms. The first kappa shape index (κ1) is 14.7. The molecule has 0 aromatic carbocycles. The van der Waals surface area contributed by atoms with E-state index in [4.69, 9.17) is 0 Å². The van der Waals surface area contributed by atoms with Crippen molar-refractivity contribution in [1.29, 1.82) is 0 Å². The summed E-state index contributed by atoms with van der Waals surface area (Å²) in [6.45, 7) is 0.422. The minimum absolute atomic E-state index is 0.0446. The fourth-order valence-corrected chi connectivity index (χ4v) is 3.13. The first-order valence-electron chi connectivity index (χ1n) is 7.79. The van der Waals surface area contributed by atoms with E-state index in [9.17, 15) is 9.18 Å². The molecule has 1 amide bonds. The zero-order valence-corrected chi connectivity index (χ0v) is 13.2. The van der Waals surface area contributed by atoms with Gasteiger partial charge in [0.1, 0.15) is 18.1 Å². The monoisotopic (exact) mass is 328 g/mol. The number of fused-ring (bicyclic) bond motifs is 3. The molecule has 124 valence electrons. The SMILES string of the molecule is Cn1c2c(c3ccc(Nc4cnn(CCF)c4)nc31)C(=O)NCC2. The standard InChI is InChI=1S/C16H17FN6O/c1-22-12-4-6-18-16(24)14(12)11-2-3-13(21-15(11)22)20-10-8-19-23(9-10)7-5-17/h2-3,8-9H,4-7H2,1H3,(H,18,24)(H,20,21). The molecule has 3 aromatic heterocycles. The van der Waals surface area contributed by atoms with Crippen LogP contribution in [0.3, 0.4) is 0 Å². The van der Waals surface area contributed by atoms with Crippen molar-refractivity contribution < 1.29 is 9.18 Å². The van der Waals surface area contributed by atoms with Gasteiger partial charge >= 0.3 is 0 Å². The maximum absolute atomic E-state index is 12.3. The molecule has 0 atom stereocenters. The number of nitrogens with one attached hydrogen (secondary N) is 2. The molecule has 2 N–H and O–H groups in total. The number of halogens is 1. The van der Waals surface area contributed by atoms with E-state index in [1.165, 1.54) is 4.68 Å². The average molecular weight is 328 g/mol. The van der Waals surface area contributed by atoms with Gasteiger partial charge < -0.3 is 15.2 Å². The quantitative estimate of drug-likeness (QED) is 0.765. The second-order valence-electron chi connectivity index (χ2n) is 5.76. The van der Waals surface area contributed by atoms with Gasteiger partial charge in [-0.25, -0.2) is 9.37 Å². The summed E-state index contributed by atoms with van der Waals surface area (Å²) >= 11 is 0. The van der Waals surface area contributed by atoms with Gasteiger partial charge in [-0.05, 0) is 12.1 Å². The normalized spacial score (nSPS) is 13.8. The van der Waals surface area contributed by atoms with Crippen molar-refractivity contribution in [3.8, 4) is 0 Å². The van der Waals surface area contributed by atoms with E-state index in [2.05, 4.69) is 20.7 Å². The molecule has 4 heterocycles. The summed E-state index contributed by atoms with van der Waals surface area (Å²) < 4.78 is 15.9. The molecule has 7 nitrogen and oxygen atoms in total. The summed E-state index contributed by atoms with van der Waals surface area (Å²) in [6, 6.07) is 3.73. The Bertz CT molecular complexity index is 928. The molecule has 0 saturated heterocycles. The van der Waals surface area contributed by atoms with Gasteiger partial charge in [0, 0.05) is 37.3 Å². The van der Waals surface area contributed by atoms with E-state index in [-0.39, 0.29) is 12.5 Å². The van der Waals surface area contributed by atoms with Crippen LogP contribution in [-0.2, 0) is 20.0 Å². The Labute approximate surface area is 137 Å². The maximum Gasteiger partial charge on any atom is 0.253 e. The molecule has 0 radical (unpaired) electrons. The van der Waals surface area contributed by atoms with E-state index < -0.39 is 6.67 Å². The number of alkyl halides is 1. The van der Waals surface area contributed by atoms with Gasteiger partial charge in [-0.1, -0.05) is 0 Å². The van der Waals surface area contributed by atoms with Crippen molar-refractivity contribution in [2.24, 2.45) is 7.05 Å². The zero-order chi connectivity index (χ0) is 16.7. The summed E-state index contributed by atoms with van der Waals surface area (Å²) in [7, 11) is 1.93. The summed E-state index contributed by atoms with van der Waals surface area (Å²) in [6.07, 6.45) is 4.16. The largest absolute Gasteiger partial charge is 0.352 e. The average Bonchev–Trinajstić information content (AvgIpc) is 3.12. The Hall–Kier alpha value is -2.90.